The molecular formula is C17H22N2O4. The van der Waals surface area contributed by atoms with Gasteiger partial charge in [-0.3, -0.25) is 14.9 Å². The van der Waals surface area contributed by atoms with Gasteiger partial charge in [-0.25, -0.2) is 4.79 Å². The van der Waals surface area contributed by atoms with Crippen LogP contribution in [0.2, 0.25) is 0 Å². The summed E-state index contributed by atoms with van der Waals surface area (Å²) >= 11 is 0. The first-order chi connectivity index (χ1) is 10.5. The standard InChI is InChI=1S/C17H22N2O4/c1-10-7-8-13-12(9-10)17(11(2)20,14(21)19(13)6)18-15(22)23-16(3,4)5/h7-9H,1-6H3,(H,18,22). The number of ketones is 1. The number of carbonyl (C=O) groups excluding carboxylic acids is 3. The van der Waals surface area contributed by atoms with Gasteiger partial charge in [0.25, 0.3) is 5.91 Å². The number of benzene rings is 1. The second-order valence-corrected chi connectivity index (χ2v) is 6.82. The van der Waals surface area contributed by atoms with Gasteiger partial charge in [0.05, 0.1) is 0 Å². The lowest BCUT2D eigenvalue weighted by Gasteiger charge is -2.28. The second-order valence-electron chi connectivity index (χ2n) is 6.82. The van der Waals surface area contributed by atoms with Crippen LogP contribution in [0.25, 0.3) is 0 Å². The number of likely N-dealkylation sites (N-methyl/N-ethyl adjacent to an activating group) is 1. The molecule has 23 heavy (non-hydrogen) atoms. The summed E-state index contributed by atoms with van der Waals surface area (Å²) in [6.45, 7) is 8.30. The molecule has 1 unspecified atom stereocenters. The fraction of sp³-hybridized carbons (Fsp3) is 0.471. The molecule has 0 fully saturated rings. The molecule has 0 aliphatic carbocycles. The zero-order valence-electron chi connectivity index (χ0n) is 14.3. The molecule has 124 valence electrons. The molecular weight excluding hydrogens is 296 g/mol. The number of aryl methyl sites for hydroxylation is 1. The topological polar surface area (TPSA) is 75.7 Å². The van der Waals surface area contributed by atoms with Crippen molar-refractivity contribution in [2.24, 2.45) is 0 Å². The Morgan fingerprint density at radius 2 is 1.87 bits per heavy atom. The zero-order valence-corrected chi connectivity index (χ0v) is 14.3. The summed E-state index contributed by atoms with van der Waals surface area (Å²) < 4.78 is 5.23. The highest BCUT2D eigenvalue weighted by Gasteiger charge is 2.55. The van der Waals surface area contributed by atoms with Gasteiger partial charge in [0.15, 0.2) is 5.78 Å². The first-order valence-corrected chi connectivity index (χ1v) is 7.40. The van der Waals surface area contributed by atoms with Gasteiger partial charge in [-0.1, -0.05) is 17.7 Å². The Hall–Kier alpha value is -2.37. The first kappa shape index (κ1) is 17.0. The van der Waals surface area contributed by atoms with Crippen molar-refractivity contribution in [3.8, 4) is 0 Å². The average Bonchev–Trinajstić information content (AvgIpc) is 2.59. The Labute approximate surface area is 135 Å². The molecule has 1 aromatic carbocycles. The van der Waals surface area contributed by atoms with E-state index in [1.54, 1.807) is 40.0 Å². The maximum atomic E-state index is 12.8. The predicted molar refractivity (Wildman–Crippen MR) is 86.3 cm³/mol. The lowest BCUT2D eigenvalue weighted by atomic mass is 9.86. The van der Waals surface area contributed by atoms with E-state index in [1.807, 2.05) is 13.0 Å². The predicted octanol–water partition coefficient (Wildman–Crippen LogP) is 2.28. The summed E-state index contributed by atoms with van der Waals surface area (Å²) in [5.74, 6) is -0.944. The number of hydrogen-bond donors (Lipinski definition) is 1. The van der Waals surface area contributed by atoms with Crippen molar-refractivity contribution in [2.75, 3.05) is 11.9 Å². The van der Waals surface area contributed by atoms with Crippen LogP contribution in [0.3, 0.4) is 0 Å². The minimum Gasteiger partial charge on any atom is -0.444 e. The average molecular weight is 318 g/mol. The van der Waals surface area contributed by atoms with Crippen LogP contribution in [0, 0.1) is 6.92 Å². The monoisotopic (exact) mass is 318 g/mol. The number of fused-ring (bicyclic) bond motifs is 1. The summed E-state index contributed by atoms with van der Waals surface area (Å²) in [4.78, 5) is 38.8. The molecule has 6 heteroatoms. The number of nitrogens with one attached hydrogen (secondary N) is 1. The van der Waals surface area contributed by atoms with Gasteiger partial charge in [-0.2, -0.15) is 0 Å². The highest BCUT2D eigenvalue weighted by molar-refractivity contribution is 6.22. The minimum absolute atomic E-state index is 0.454. The smallest absolute Gasteiger partial charge is 0.409 e. The highest BCUT2D eigenvalue weighted by atomic mass is 16.6. The minimum atomic E-state index is -1.74. The fourth-order valence-electron chi connectivity index (χ4n) is 2.72. The number of carbonyl (C=O) groups is 3. The molecule has 0 aromatic heterocycles. The number of rotatable bonds is 2. The largest absolute Gasteiger partial charge is 0.444 e. The van der Waals surface area contributed by atoms with Crippen molar-refractivity contribution < 1.29 is 19.1 Å². The van der Waals surface area contributed by atoms with Crippen LogP contribution in [-0.2, 0) is 19.9 Å². The Kier molecular flexibility index (Phi) is 3.96. The van der Waals surface area contributed by atoms with E-state index in [2.05, 4.69) is 5.32 Å². The van der Waals surface area contributed by atoms with Crippen LogP contribution in [0.4, 0.5) is 10.5 Å². The van der Waals surface area contributed by atoms with Crippen LogP contribution >= 0.6 is 0 Å². The number of ether oxygens (including phenoxy) is 1. The van der Waals surface area contributed by atoms with E-state index in [0.717, 1.165) is 5.56 Å². The molecule has 6 nitrogen and oxygen atoms in total. The first-order valence-electron chi connectivity index (χ1n) is 7.40. The van der Waals surface area contributed by atoms with Crippen LogP contribution in [-0.4, -0.2) is 30.4 Å². The fourth-order valence-corrected chi connectivity index (χ4v) is 2.72. The number of alkyl carbamates (subject to hydrolysis) is 1. The number of anilines is 1. The van der Waals surface area contributed by atoms with Crippen LogP contribution < -0.4 is 10.2 Å². The van der Waals surface area contributed by atoms with Gasteiger partial charge in [0, 0.05) is 18.3 Å². The van der Waals surface area contributed by atoms with E-state index in [0.29, 0.717) is 11.3 Å². The Balaban J connectivity index is 2.54. The molecule has 1 aromatic rings. The third kappa shape index (κ3) is 2.81. The van der Waals surface area contributed by atoms with Crippen molar-refractivity contribution in [3.05, 3.63) is 29.3 Å². The van der Waals surface area contributed by atoms with Gasteiger partial charge in [0.2, 0.25) is 5.54 Å². The van der Waals surface area contributed by atoms with Crippen LogP contribution in [0.5, 0.6) is 0 Å². The molecule has 1 heterocycles. The van der Waals surface area contributed by atoms with E-state index in [1.165, 1.54) is 11.8 Å². The molecule has 1 N–H and O–H groups in total. The Morgan fingerprint density at radius 3 is 2.39 bits per heavy atom. The molecule has 0 spiro atoms. The lowest BCUT2D eigenvalue weighted by molar-refractivity contribution is -0.134. The van der Waals surface area contributed by atoms with Crippen molar-refractivity contribution in [3.63, 3.8) is 0 Å². The van der Waals surface area contributed by atoms with Crippen molar-refractivity contribution in [1.82, 2.24) is 5.32 Å². The van der Waals surface area contributed by atoms with Gasteiger partial charge < -0.3 is 9.64 Å². The third-order valence-corrected chi connectivity index (χ3v) is 3.76. The summed E-state index contributed by atoms with van der Waals surface area (Å²) in [6, 6.07) is 5.37. The molecule has 0 bridgehead atoms. The number of Topliss-reactive ketones (excluding diaryl/α,β-unsaturated/α-hetero) is 1. The number of nitrogens with zero attached hydrogens (tertiary/aromatic N) is 1. The van der Waals surface area contributed by atoms with Crippen molar-refractivity contribution in [2.45, 2.75) is 45.8 Å². The normalized spacial score (nSPS) is 20.3. The molecule has 1 atom stereocenters. The molecule has 2 amide bonds. The molecule has 1 aliphatic heterocycles. The summed E-state index contributed by atoms with van der Waals surface area (Å²) in [6.07, 6.45) is -0.802. The van der Waals surface area contributed by atoms with Gasteiger partial charge in [-0.05, 0) is 40.7 Å². The second kappa shape index (κ2) is 5.37. The van der Waals surface area contributed by atoms with Gasteiger partial charge in [0.1, 0.15) is 5.60 Å². The lowest BCUT2D eigenvalue weighted by Crippen LogP contribution is -2.57. The molecule has 0 saturated heterocycles. The van der Waals surface area contributed by atoms with E-state index in [4.69, 9.17) is 4.74 Å². The van der Waals surface area contributed by atoms with Crippen molar-refractivity contribution >= 4 is 23.5 Å². The van der Waals surface area contributed by atoms with E-state index < -0.39 is 28.9 Å². The Morgan fingerprint density at radius 1 is 1.26 bits per heavy atom. The summed E-state index contributed by atoms with van der Waals surface area (Å²) in [5, 5.41) is 2.51. The highest BCUT2D eigenvalue weighted by Crippen LogP contribution is 2.40. The molecule has 1 aliphatic rings. The summed E-state index contributed by atoms with van der Waals surface area (Å²) in [5.41, 5.74) is -0.498. The van der Waals surface area contributed by atoms with Crippen LogP contribution in [0.1, 0.15) is 38.8 Å². The third-order valence-electron chi connectivity index (χ3n) is 3.76. The SMILES string of the molecule is CC(=O)C1(NC(=O)OC(C)(C)C)C(=O)N(C)c2ccc(C)cc21. The molecule has 2 rings (SSSR count). The van der Waals surface area contributed by atoms with E-state index in [9.17, 15) is 14.4 Å². The van der Waals surface area contributed by atoms with E-state index in [-0.39, 0.29) is 0 Å². The quantitative estimate of drug-likeness (QED) is 0.849. The number of hydrogen-bond acceptors (Lipinski definition) is 4. The number of amides is 2. The van der Waals surface area contributed by atoms with Crippen LogP contribution in [0.15, 0.2) is 18.2 Å². The Bertz CT molecular complexity index is 690. The van der Waals surface area contributed by atoms with E-state index >= 15 is 0 Å². The molecule has 0 radical (unpaired) electrons. The molecule has 0 saturated carbocycles. The maximum absolute atomic E-state index is 12.8. The van der Waals surface area contributed by atoms with Crippen molar-refractivity contribution in [1.29, 1.82) is 0 Å². The van der Waals surface area contributed by atoms with Gasteiger partial charge in [-0.15, -0.1) is 0 Å². The maximum Gasteiger partial charge on any atom is 0.409 e. The zero-order chi connectivity index (χ0) is 17.6. The van der Waals surface area contributed by atoms with Gasteiger partial charge >= 0.3 is 6.09 Å². The summed E-state index contributed by atoms with van der Waals surface area (Å²) in [7, 11) is 1.58.